The Morgan fingerprint density at radius 2 is 1.71 bits per heavy atom. The zero-order chi connectivity index (χ0) is 12.5. The fourth-order valence-corrected chi connectivity index (χ4v) is 1.60. The average Bonchev–Trinajstić information content (AvgIpc) is 2.38. The predicted molar refractivity (Wildman–Crippen MR) is 69.5 cm³/mol. The molecule has 0 aromatic heterocycles. The first-order valence-corrected chi connectivity index (χ1v) is 5.93. The first-order chi connectivity index (χ1) is 8.30. The van der Waals surface area contributed by atoms with Gasteiger partial charge in [0.2, 0.25) is 0 Å². The molecule has 3 N–H and O–H groups in total. The van der Waals surface area contributed by atoms with Crippen LogP contribution in [-0.2, 0) is 6.54 Å². The third kappa shape index (κ3) is 5.06. The summed E-state index contributed by atoms with van der Waals surface area (Å²) in [5.41, 5.74) is 6.60. The maximum absolute atomic E-state index is 5.44. The highest BCUT2D eigenvalue weighted by Crippen LogP contribution is 2.22. The van der Waals surface area contributed by atoms with Crippen molar-refractivity contribution in [3.05, 3.63) is 23.8 Å². The van der Waals surface area contributed by atoms with Crippen LogP contribution in [0.3, 0.4) is 0 Å². The Hall–Kier alpha value is -1.26. The standard InChI is InChI=1S/C13H22N2O2/c1-16-12-7-11(8-13(9-12)17-2)10-15-6-4-3-5-14/h7-9,15H,3-6,10,14H2,1-2H3. The van der Waals surface area contributed by atoms with Crippen LogP contribution in [0.5, 0.6) is 11.5 Å². The van der Waals surface area contributed by atoms with Gasteiger partial charge in [0.15, 0.2) is 0 Å². The zero-order valence-corrected chi connectivity index (χ0v) is 10.7. The lowest BCUT2D eigenvalue weighted by Gasteiger charge is -2.09. The minimum absolute atomic E-state index is 0.759. The molecule has 0 aliphatic carbocycles. The van der Waals surface area contributed by atoms with E-state index in [1.807, 2.05) is 18.2 Å². The average molecular weight is 238 g/mol. The molecule has 0 aliphatic heterocycles. The summed E-state index contributed by atoms with van der Waals surface area (Å²) in [4.78, 5) is 0. The van der Waals surface area contributed by atoms with Crippen LogP contribution in [0.1, 0.15) is 18.4 Å². The second-order valence-corrected chi connectivity index (χ2v) is 3.89. The number of hydrogen-bond acceptors (Lipinski definition) is 4. The molecule has 0 heterocycles. The Labute approximate surface area is 103 Å². The number of hydrogen-bond donors (Lipinski definition) is 2. The van der Waals surface area contributed by atoms with E-state index < -0.39 is 0 Å². The van der Waals surface area contributed by atoms with Gasteiger partial charge in [0.25, 0.3) is 0 Å². The van der Waals surface area contributed by atoms with E-state index in [1.54, 1.807) is 14.2 Å². The van der Waals surface area contributed by atoms with Crippen LogP contribution < -0.4 is 20.5 Å². The zero-order valence-electron chi connectivity index (χ0n) is 10.7. The molecule has 1 aromatic carbocycles. The van der Waals surface area contributed by atoms with Gasteiger partial charge in [-0.1, -0.05) is 0 Å². The smallest absolute Gasteiger partial charge is 0.122 e. The third-order valence-corrected chi connectivity index (χ3v) is 2.55. The summed E-state index contributed by atoms with van der Waals surface area (Å²) >= 11 is 0. The monoisotopic (exact) mass is 238 g/mol. The van der Waals surface area contributed by atoms with Crippen molar-refractivity contribution in [3.63, 3.8) is 0 Å². The van der Waals surface area contributed by atoms with Crippen molar-refractivity contribution in [1.29, 1.82) is 0 Å². The van der Waals surface area contributed by atoms with Crippen LogP contribution in [-0.4, -0.2) is 27.3 Å². The fourth-order valence-electron chi connectivity index (χ4n) is 1.60. The summed E-state index contributed by atoms with van der Waals surface area (Å²) < 4.78 is 10.4. The summed E-state index contributed by atoms with van der Waals surface area (Å²) in [5, 5.41) is 3.37. The maximum atomic E-state index is 5.44. The lowest BCUT2D eigenvalue weighted by Crippen LogP contribution is -2.15. The van der Waals surface area contributed by atoms with Gasteiger partial charge in [0, 0.05) is 12.6 Å². The SMILES string of the molecule is COc1cc(CNCCCCN)cc(OC)c1. The van der Waals surface area contributed by atoms with E-state index in [4.69, 9.17) is 15.2 Å². The van der Waals surface area contributed by atoms with Crippen LogP contribution in [0.4, 0.5) is 0 Å². The Balaban J connectivity index is 2.46. The molecule has 0 atom stereocenters. The number of rotatable bonds is 8. The van der Waals surface area contributed by atoms with Gasteiger partial charge < -0.3 is 20.5 Å². The van der Waals surface area contributed by atoms with E-state index in [-0.39, 0.29) is 0 Å². The number of benzene rings is 1. The molecule has 0 fully saturated rings. The van der Waals surface area contributed by atoms with Crippen LogP contribution in [0.15, 0.2) is 18.2 Å². The Morgan fingerprint density at radius 1 is 1.06 bits per heavy atom. The number of methoxy groups -OCH3 is 2. The van der Waals surface area contributed by atoms with Gasteiger partial charge >= 0.3 is 0 Å². The summed E-state index contributed by atoms with van der Waals surface area (Å²) in [6, 6.07) is 5.90. The Morgan fingerprint density at radius 3 is 2.24 bits per heavy atom. The van der Waals surface area contributed by atoms with Gasteiger partial charge in [-0.3, -0.25) is 0 Å². The van der Waals surface area contributed by atoms with Gasteiger partial charge in [0.1, 0.15) is 11.5 Å². The van der Waals surface area contributed by atoms with Crippen molar-refractivity contribution in [2.75, 3.05) is 27.3 Å². The van der Waals surface area contributed by atoms with Crippen LogP contribution in [0.2, 0.25) is 0 Å². The van der Waals surface area contributed by atoms with Crippen LogP contribution >= 0.6 is 0 Å². The molecular formula is C13H22N2O2. The van der Waals surface area contributed by atoms with E-state index >= 15 is 0 Å². The molecule has 0 saturated heterocycles. The van der Waals surface area contributed by atoms with Crippen molar-refractivity contribution < 1.29 is 9.47 Å². The van der Waals surface area contributed by atoms with Crippen molar-refractivity contribution in [1.82, 2.24) is 5.32 Å². The lowest BCUT2D eigenvalue weighted by atomic mass is 10.2. The van der Waals surface area contributed by atoms with Crippen LogP contribution in [0.25, 0.3) is 0 Å². The summed E-state index contributed by atoms with van der Waals surface area (Å²) in [6.07, 6.45) is 2.17. The third-order valence-electron chi connectivity index (χ3n) is 2.55. The largest absolute Gasteiger partial charge is 0.497 e. The van der Waals surface area contributed by atoms with E-state index in [0.29, 0.717) is 0 Å². The molecule has 17 heavy (non-hydrogen) atoms. The molecule has 0 aliphatic rings. The van der Waals surface area contributed by atoms with Gasteiger partial charge in [-0.15, -0.1) is 0 Å². The highest BCUT2D eigenvalue weighted by atomic mass is 16.5. The molecule has 1 rings (SSSR count). The Kier molecular flexibility index (Phi) is 6.43. The molecule has 0 saturated carbocycles. The molecular weight excluding hydrogens is 216 g/mol. The van der Waals surface area contributed by atoms with Crippen molar-refractivity contribution >= 4 is 0 Å². The van der Waals surface area contributed by atoms with E-state index in [2.05, 4.69) is 5.32 Å². The van der Waals surface area contributed by atoms with E-state index in [1.165, 1.54) is 0 Å². The second-order valence-electron chi connectivity index (χ2n) is 3.89. The topological polar surface area (TPSA) is 56.5 Å². The quantitative estimate of drug-likeness (QED) is 0.674. The summed E-state index contributed by atoms with van der Waals surface area (Å²) in [5.74, 6) is 1.64. The van der Waals surface area contributed by atoms with Crippen molar-refractivity contribution in [2.45, 2.75) is 19.4 Å². The molecule has 1 aromatic rings. The first kappa shape index (κ1) is 13.8. The number of nitrogens with one attached hydrogen (secondary N) is 1. The molecule has 0 unspecified atom stereocenters. The molecule has 4 heteroatoms. The molecule has 0 amide bonds. The van der Waals surface area contributed by atoms with Gasteiger partial charge in [-0.25, -0.2) is 0 Å². The van der Waals surface area contributed by atoms with Gasteiger partial charge in [-0.2, -0.15) is 0 Å². The Bertz CT molecular complexity index is 307. The molecule has 96 valence electrons. The second kappa shape index (κ2) is 7.92. The minimum atomic E-state index is 0.759. The molecule has 4 nitrogen and oxygen atoms in total. The van der Waals surface area contributed by atoms with Gasteiger partial charge in [0.05, 0.1) is 14.2 Å². The number of nitrogens with two attached hydrogens (primary N) is 1. The van der Waals surface area contributed by atoms with Crippen molar-refractivity contribution in [3.8, 4) is 11.5 Å². The summed E-state index contributed by atoms with van der Waals surface area (Å²) in [7, 11) is 3.32. The van der Waals surface area contributed by atoms with Gasteiger partial charge in [-0.05, 0) is 43.6 Å². The molecule has 0 spiro atoms. The van der Waals surface area contributed by atoms with E-state index in [0.717, 1.165) is 49.5 Å². The minimum Gasteiger partial charge on any atom is -0.497 e. The van der Waals surface area contributed by atoms with Crippen molar-refractivity contribution in [2.24, 2.45) is 5.73 Å². The predicted octanol–water partition coefficient (Wildman–Crippen LogP) is 1.53. The summed E-state index contributed by atoms with van der Waals surface area (Å²) in [6.45, 7) is 2.56. The normalized spacial score (nSPS) is 10.3. The number of ether oxygens (including phenoxy) is 2. The highest BCUT2D eigenvalue weighted by molar-refractivity contribution is 5.38. The number of unbranched alkanes of at least 4 members (excludes halogenated alkanes) is 1. The molecule has 0 radical (unpaired) electrons. The molecule has 0 bridgehead atoms. The van der Waals surface area contributed by atoms with Crippen LogP contribution in [0, 0.1) is 0 Å². The first-order valence-electron chi connectivity index (χ1n) is 5.93. The highest BCUT2D eigenvalue weighted by Gasteiger charge is 2.01. The van der Waals surface area contributed by atoms with E-state index in [9.17, 15) is 0 Å². The lowest BCUT2D eigenvalue weighted by molar-refractivity contribution is 0.393. The maximum Gasteiger partial charge on any atom is 0.122 e. The fraction of sp³-hybridized carbons (Fsp3) is 0.538.